The number of carbonyl (C=O) groups is 1. The van der Waals surface area contributed by atoms with E-state index >= 15 is 0 Å². The highest BCUT2D eigenvalue weighted by atomic mass is 35.5. The molecule has 0 aliphatic carbocycles. The average molecular weight is 518 g/mol. The molecule has 1 aliphatic heterocycles. The Bertz CT molecular complexity index is 1210. The Morgan fingerprint density at radius 3 is 2.22 bits per heavy atom. The number of nitrogens with zero attached hydrogens (tertiary/aromatic N) is 3. The van der Waals surface area contributed by atoms with E-state index in [1.165, 1.54) is 6.07 Å². The molecule has 1 amide bonds. The number of pyridine rings is 1. The normalized spacial score (nSPS) is 14.1. The van der Waals surface area contributed by atoms with Gasteiger partial charge in [0.15, 0.2) is 0 Å². The SMILES string of the molecule is C=C(CN1CCN(c2cccc(C(F)(F)F)n2)CC1)c1ccc(C(=O)Nc2ccccc2N)cc1.Cl. The summed E-state index contributed by atoms with van der Waals surface area (Å²) in [5, 5.41) is 2.80. The van der Waals surface area contributed by atoms with Crippen molar-refractivity contribution in [2.45, 2.75) is 6.18 Å². The molecular weight excluding hydrogens is 491 g/mol. The van der Waals surface area contributed by atoms with Crippen LogP contribution >= 0.6 is 12.4 Å². The van der Waals surface area contributed by atoms with Gasteiger partial charge in [-0.25, -0.2) is 4.98 Å². The lowest BCUT2D eigenvalue weighted by atomic mass is 10.0. The van der Waals surface area contributed by atoms with Crippen LogP contribution in [0.1, 0.15) is 21.6 Å². The van der Waals surface area contributed by atoms with Crippen LogP contribution in [0.5, 0.6) is 0 Å². The number of carbonyl (C=O) groups excluding carboxylic acids is 1. The molecule has 6 nitrogen and oxygen atoms in total. The fourth-order valence-corrected chi connectivity index (χ4v) is 3.92. The molecule has 10 heteroatoms. The van der Waals surface area contributed by atoms with Crippen LogP contribution in [0.3, 0.4) is 0 Å². The molecule has 1 aromatic heterocycles. The van der Waals surface area contributed by atoms with E-state index in [0.717, 1.165) is 17.2 Å². The molecular formula is C26H27ClF3N5O. The number of alkyl halides is 3. The fraction of sp³-hybridized carbons (Fsp3) is 0.231. The fourth-order valence-electron chi connectivity index (χ4n) is 3.92. The highest BCUT2D eigenvalue weighted by Gasteiger charge is 2.33. The number of nitrogens with two attached hydrogens (primary N) is 1. The zero-order valence-corrected chi connectivity index (χ0v) is 20.3. The van der Waals surface area contributed by atoms with Gasteiger partial charge in [-0.05, 0) is 47.5 Å². The van der Waals surface area contributed by atoms with Gasteiger partial charge in [0.2, 0.25) is 0 Å². The number of halogens is 4. The summed E-state index contributed by atoms with van der Waals surface area (Å²) >= 11 is 0. The van der Waals surface area contributed by atoms with Crippen molar-refractivity contribution < 1.29 is 18.0 Å². The third-order valence-corrected chi connectivity index (χ3v) is 5.90. The first-order valence-electron chi connectivity index (χ1n) is 11.2. The van der Waals surface area contributed by atoms with Gasteiger partial charge in [-0.2, -0.15) is 13.2 Å². The molecule has 2 heterocycles. The van der Waals surface area contributed by atoms with Crippen LogP contribution in [-0.2, 0) is 6.18 Å². The van der Waals surface area contributed by atoms with Crippen molar-refractivity contribution in [1.29, 1.82) is 0 Å². The van der Waals surface area contributed by atoms with Crippen LogP contribution < -0.4 is 16.0 Å². The second kappa shape index (κ2) is 11.5. The summed E-state index contributed by atoms with van der Waals surface area (Å²) in [6, 6.07) is 18.2. The van der Waals surface area contributed by atoms with Crippen LogP contribution in [-0.4, -0.2) is 48.5 Å². The van der Waals surface area contributed by atoms with Crippen LogP contribution in [0.15, 0.2) is 73.3 Å². The lowest BCUT2D eigenvalue weighted by Gasteiger charge is -2.36. The summed E-state index contributed by atoms with van der Waals surface area (Å²) in [5.74, 6) is 0.0869. The monoisotopic (exact) mass is 517 g/mol. The number of piperazine rings is 1. The van der Waals surface area contributed by atoms with Gasteiger partial charge < -0.3 is 16.0 Å². The van der Waals surface area contributed by atoms with E-state index in [4.69, 9.17) is 5.73 Å². The van der Waals surface area contributed by atoms with Crippen molar-refractivity contribution >= 4 is 41.1 Å². The van der Waals surface area contributed by atoms with Gasteiger partial charge >= 0.3 is 6.18 Å². The topological polar surface area (TPSA) is 74.5 Å². The van der Waals surface area contributed by atoms with Crippen LogP contribution in [0.4, 0.5) is 30.4 Å². The smallest absolute Gasteiger partial charge is 0.397 e. The molecule has 0 atom stereocenters. The third kappa shape index (κ3) is 6.56. The first-order chi connectivity index (χ1) is 16.7. The first-order valence-corrected chi connectivity index (χ1v) is 11.2. The number of anilines is 3. The molecule has 0 saturated carbocycles. The zero-order chi connectivity index (χ0) is 25.0. The minimum Gasteiger partial charge on any atom is -0.397 e. The van der Waals surface area contributed by atoms with Crippen molar-refractivity contribution in [2.24, 2.45) is 0 Å². The number of rotatable bonds is 6. The molecule has 3 aromatic rings. The minimum atomic E-state index is -4.46. The van der Waals surface area contributed by atoms with Gasteiger partial charge in [0, 0.05) is 38.3 Å². The Morgan fingerprint density at radius 2 is 1.58 bits per heavy atom. The van der Waals surface area contributed by atoms with Crippen LogP contribution in [0.2, 0.25) is 0 Å². The highest BCUT2D eigenvalue weighted by molar-refractivity contribution is 6.05. The van der Waals surface area contributed by atoms with Crippen molar-refractivity contribution in [3.63, 3.8) is 0 Å². The quantitative estimate of drug-likeness (QED) is 0.440. The van der Waals surface area contributed by atoms with Gasteiger partial charge in [-0.1, -0.05) is 36.9 Å². The lowest BCUT2D eigenvalue weighted by molar-refractivity contribution is -0.141. The minimum absolute atomic E-state index is 0. The molecule has 0 radical (unpaired) electrons. The predicted octanol–water partition coefficient (Wildman–Crippen LogP) is 5.19. The molecule has 190 valence electrons. The molecule has 1 aliphatic rings. The Labute approximate surface area is 214 Å². The molecule has 1 saturated heterocycles. The Kier molecular flexibility index (Phi) is 8.60. The highest BCUT2D eigenvalue weighted by Crippen LogP contribution is 2.29. The number of aromatic nitrogens is 1. The summed E-state index contributed by atoms with van der Waals surface area (Å²) in [6.45, 7) is 7.30. The maximum absolute atomic E-state index is 13.0. The van der Waals surface area contributed by atoms with Crippen molar-refractivity contribution in [3.05, 3.63) is 90.1 Å². The number of hydrogen-bond acceptors (Lipinski definition) is 5. The summed E-state index contributed by atoms with van der Waals surface area (Å²) in [4.78, 5) is 20.4. The standard InChI is InChI=1S/C26H26F3N5O.ClH/c1-18(19-9-11-20(12-10-19)25(35)31-22-6-3-2-5-21(22)30)17-33-13-15-34(16-14-33)24-8-4-7-23(32-24)26(27,28)29;/h2-12H,1,13-17,30H2,(H,31,35);1H. The van der Waals surface area contributed by atoms with Crippen molar-refractivity contribution in [1.82, 2.24) is 9.88 Å². The van der Waals surface area contributed by atoms with Crippen molar-refractivity contribution in [2.75, 3.05) is 48.7 Å². The molecule has 3 N–H and O–H groups in total. The number of nitrogen functional groups attached to an aromatic ring is 1. The number of nitrogens with one attached hydrogen (secondary N) is 1. The molecule has 4 rings (SSSR count). The first kappa shape index (κ1) is 27.0. The third-order valence-electron chi connectivity index (χ3n) is 5.90. The van der Waals surface area contributed by atoms with E-state index < -0.39 is 11.9 Å². The molecule has 0 bridgehead atoms. The summed E-state index contributed by atoms with van der Waals surface area (Å²) in [6.07, 6.45) is -4.46. The largest absolute Gasteiger partial charge is 0.433 e. The van der Waals surface area contributed by atoms with E-state index in [1.807, 2.05) is 17.0 Å². The summed E-state index contributed by atoms with van der Waals surface area (Å²) in [7, 11) is 0. The van der Waals surface area contributed by atoms with E-state index in [1.54, 1.807) is 42.5 Å². The number of benzene rings is 2. The van der Waals surface area contributed by atoms with E-state index in [9.17, 15) is 18.0 Å². The van der Waals surface area contributed by atoms with Gasteiger partial charge in [-0.15, -0.1) is 12.4 Å². The number of para-hydroxylation sites is 2. The summed E-state index contributed by atoms with van der Waals surface area (Å²) in [5.41, 5.74) is 8.38. The Hall–Kier alpha value is -3.56. The number of amides is 1. The van der Waals surface area contributed by atoms with Gasteiger partial charge in [0.05, 0.1) is 11.4 Å². The van der Waals surface area contributed by atoms with E-state index in [-0.39, 0.29) is 18.3 Å². The zero-order valence-electron chi connectivity index (χ0n) is 19.5. The van der Waals surface area contributed by atoms with Crippen LogP contribution in [0.25, 0.3) is 5.57 Å². The summed E-state index contributed by atoms with van der Waals surface area (Å²) < 4.78 is 38.9. The van der Waals surface area contributed by atoms with Crippen molar-refractivity contribution in [3.8, 4) is 0 Å². The Morgan fingerprint density at radius 1 is 0.944 bits per heavy atom. The molecule has 0 spiro atoms. The second-order valence-electron chi connectivity index (χ2n) is 8.36. The Balaban J connectivity index is 0.00000361. The molecule has 36 heavy (non-hydrogen) atoms. The number of hydrogen-bond donors (Lipinski definition) is 2. The predicted molar refractivity (Wildman–Crippen MR) is 139 cm³/mol. The van der Waals surface area contributed by atoms with E-state index in [0.29, 0.717) is 55.5 Å². The second-order valence-corrected chi connectivity index (χ2v) is 8.36. The maximum atomic E-state index is 13.0. The lowest BCUT2D eigenvalue weighted by Crippen LogP contribution is -2.47. The molecule has 2 aromatic carbocycles. The van der Waals surface area contributed by atoms with E-state index in [2.05, 4.69) is 21.8 Å². The van der Waals surface area contributed by atoms with Gasteiger partial charge in [0.1, 0.15) is 11.5 Å². The molecule has 0 unspecified atom stereocenters. The average Bonchev–Trinajstić information content (AvgIpc) is 2.85. The maximum Gasteiger partial charge on any atom is 0.433 e. The molecule has 1 fully saturated rings. The van der Waals surface area contributed by atoms with Gasteiger partial charge in [-0.3, -0.25) is 9.69 Å². The van der Waals surface area contributed by atoms with Crippen LogP contribution in [0, 0.1) is 0 Å². The van der Waals surface area contributed by atoms with Gasteiger partial charge in [0.25, 0.3) is 5.91 Å².